The van der Waals surface area contributed by atoms with E-state index >= 15 is 0 Å². The van der Waals surface area contributed by atoms with Crippen LogP contribution >= 0.6 is 0 Å². The standard InChI is InChI=1S/C14H21NO4/c1-14(15(2)3,9-13(16)17)11-7-6-10(18-4)8-12(11)19-5/h6-8H,9H2,1-5H3,(H,16,17). The van der Waals surface area contributed by atoms with Gasteiger partial charge < -0.3 is 14.6 Å². The molecule has 0 fully saturated rings. The van der Waals surface area contributed by atoms with E-state index in [-0.39, 0.29) is 6.42 Å². The average molecular weight is 267 g/mol. The highest BCUT2D eigenvalue weighted by Gasteiger charge is 2.34. The summed E-state index contributed by atoms with van der Waals surface area (Å²) in [6, 6.07) is 5.42. The lowest BCUT2D eigenvalue weighted by atomic mass is 9.86. The Morgan fingerprint density at radius 1 is 1.32 bits per heavy atom. The van der Waals surface area contributed by atoms with Gasteiger partial charge in [-0.2, -0.15) is 0 Å². The number of hydrogen-bond donors (Lipinski definition) is 1. The normalized spacial score (nSPS) is 14.0. The molecule has 1 atom stereocenters. The lowest BCUT2D eigenvalue weighted by Crippen LogP contribution is -2.40. The van der Waals surface area contributed by atoms with Crippen LogP contribution in [-0.2, 0) is 10.3 Å². The highest BCUT2D eigenvalue weighted by atomic mass is 16.5. The van der Waals surface area contributed by atoms with E-state index in [4.69, 9.17) is 14.6 Å². The number of carboxylic acids is 1. The Hall–Kier alpha value is -1.75. The van der Waals surface area contributed by atoms with Gasteiger partial charge in [0.15, 0.2) is 0 Å². The summed E-state index contributed by atoms with van der Waals surface area (Å²) in [6.45, 7) is 1.88. The van der Waals surface area contributed by atoms with Gasteiger partial charge in [0.2, 0.25) is 0 Å². The molecule has 0 spiro atoms. The molecule has 1 aromatic carbocycles. The Balaban J connectivity index is 3.33. The van der Waals surface area contributed by atoms with Crippen LogP contribution in [0.25, 0.3) is 0 Å². The largest absolute Gasteiger partial charge is 0.497 e. The number of hydrogen-bond acceptors (Lipinski definition) is 4. The fraction of sp³-hybridized carbons (Fsp3) is 0.500. The van der Waals surface area contributed by atoms with Gasteiger partial charge in [0.05, 0.1) is 26.2 Å². The molecule has 1 N–H and O–H groups in total. The van der Waals surface area contributed by atoms with Crippen molar-refractivity contribution in [1.82, 2.24) is 4.90 Å². The Labute approximate surface area is 113 Å². The van der Waals surface area contributed by atoms with Crippen LogP contribution in [0.4, 0.5) is 0 Å². The highest BCUT2D eigenvalue weighted by Crippen LogP contribution is 2.38. The van der Waals surface area contributed by atoms with E-state index in [9.17, 15) is 4.79 Å². The van der Waals surface area contributed by atoms with Gasteiger partial charge in [-0.1, -0.05) is 0 Å². The maximum Gasteiger partial charge on any atom is 0.305 e. The van der Waals surface area contributed by atoms with Gasteiger partial charge in [-0.25, -0.2) is 0 Å². The first-order chi connectivity index (χ1) is 8.85. The molecule has 0 saturated heterocycles. The third-order valence-electron chi connectivity index (χ3n) is 3.47. The Bertz CT molecular complexity index is 459. The van der Waals surface area contributed by atoms with E-state index in [1.54, 1.807) is 26.4 Å². The molecule has 0 aromatic heterocycles. The van der Waals surface area contributed by atoms with E-state index in [0.717, 1.165) is 5.56 Å². The van der Waals surface area contributed by atoms with Gasteiger partial charge in [0, 0.05) is 11.6 Å². The van der Waals surface area contributed by atoms with Crippen LogP contribution in [0.2, 0.25) is 0 Å². The zero-order chi connectivity index (χ0) is 14.6. The zero-order valence-corrected chi connectivity index (χ0v) is 12.1. The third kappa shape index (κ3) is 3.17. The van der Waals surface area contributed by atoms with Crippen LogP contribution in [-0.4, -0.2) is 44.3 Å². The minimum atomic E-state index is -0.853. The number of aliphatic carboxylic acids is 1. The maximum atomic E-state index is 11.1. The average Bonchev–Trinajstić information content (AvgIpc) is 2.36. The van der Waals surface area contributed by atoms with E-state index in [0.29, 0.717) is 11.5 Å². The monoisotopic (exact) mass is 267 g/mol. The summed E-state index contributed by atoms with van der Waals surface area (Å²) in [4.78, 5) is 13.0. The molecule has 1 unspecified atom stereocenters. The van der Waals surface area contributed by atoms with E-state index in [2.05, 4.69) is 0 Å². The molecular formula is C14H21NO4. The van der Waals surface area contributed by atoms with Crippen molar-refractivity contribution in [3.05, 3.63) is 23.8 Å². The molecule has 106 valence electrons. The number of rotatable bonds is 6. The molecule has 0 aliphatic heterocycles. The van der Waals surface area contributed by atoms with E-state index in [1.165, 1.54) is 0 Å². The first-order valence-corrected chi connectivity index (χ1v) is 5.97. The van der Waals surface area contributed by atoms with Crippen molar-refractivity contribution in [1.29, 1.82) is 0 Å². The summed E-state index contributed by atoms with van der Waals surface area (Å²) in [5.41, 5.74) is 0.173. The molecular weight excluding hydrogens is 246 g/mol. The quantitative estimate of drug-likeness (QED) is 0.853. The minimum absolute atomic E-state index is 0.0112. The number of benzene rings is 1. The van der Waals surface area contributed by atoms with Crippen molar-refractivity contribution in [2.45, 2.75) is 18.9 Å². The second-order valence-corrected chi connectivity index (χ2v) is 4.81. The van der Waals surface area contributed by atoms with Crippen molar-refractivity contribution < 1.29 is 19.4 Å². The number of methoxy groups -OCH3 is 2. The summed E-state index contributed by atoms with van der Waals surface area (Å²) in [5.74, 6) is 0.447. The summed E-state index contributed by atoms with van der Waals surface area (Å²) in [7, 11) is 6.85. The van der Waals surface area contributed by atoms with Crippen molar-refractivity contribution in [3.8, 4) is 11.5 Å². The summed E-state index contributed by atoms with van der Waals surface area (Å²) >= 11 is 0. The van der Waals surface area contributed by atoms with Crippen molar-refractivity contribution in [2.75, 3.05) is 28.3 Å². The van der Waals surface area contributed by atoms with Gasteiger partial charge in [-0.05, 0) is 33.2 Å². The summed E-state index contributed by atoms with van der Waals surface area (Å²) in [5, 5.41) is 9.13. The molecule has 0 bridgehead atoms. The number of nitrogens with zero attached hydrogens (tertiary/aromatic N) is 1. The Kier molecular flexibility index (Phi) is 4.78. The number of ether oxygens (including phenoxy) is 2. The van der Waals surface area contributed by atoms with Crippen molar-refractivity contribution >= 4 is 5.97 Å². The molecule has 0 aliphatic carbocycles. The van der Waals surface area contributed by atoms with Crippen LogP contribution in [0, 0.1) is 0 Å². The molecule has 19 heavy (non-hydrogen) atoms. The number of carbonyl (C=O) groups is 1. The smallest absolute Gasteiger partial charge is 0.305 e. The van der Waals surface area contributed by atoms with E-state index < -0.39 is 11.5 Å². The second kappa shape index (κ2) is 5.93. The first kappa shape index (κ1) is 15.3. The van der Waals surface area contributed by atoms with Crippen LogP contribution in [0.1, 0.15) is 18.9 Å². The molecule has 0 heterocycles. The number of carboxylic acid groups (broad SMARTS) is 1. The van der Waals surface area contributed by atoms with Gasteiger partial charge >= 0.3 is 5.97 Å². The topological polar surface area (TPSA) is 59.0 Å². The highest BCUT2D eigenvalue weighted by molar-refractivity contribution is 5.69. The molecule has 5 heteroatoms. The Morgan fingerprint density at radius 3 is 2.37 bits per heavy atom. The van der Waals surface area contributed by atoms with Crippen molar-refractivity contribution in [2.24, 2.45) is 0 Å². The van der Waals surface area contributed by atoms with Gasteiger partial charge in [0.25, 0.3) is 0 Å². The van der Waals surface area contributed by atoms with Gasteiger partial charge in [-0.15, -0.1) is 0 Å². The summed E-state index contributed by atoms with van der Waals surface area (Å²) in [6.07, 6.45) is -0.0112. The zero-order valence-electron chi connectivity index (χ0n) is 12.1. The third-order valence-corrected chi connectivity index (χ3v) is 3.47. The van der Waals surface area contributed by atoms with Crippen LogP contribution in [0.5, 0.6) is 11.5 Å². The van der Waals surface area contributed by atoms with Gasteiger partial charge in [0.1, 0.15) is 11.5 Å². The van der Waals surface area contributed by atoms with E-state index in [1.807, 2.05) is 32.0 Å². The maximum absolute atomic E-state index is 11.1. The predicted molar refractivity (Wildman–Crippen MR) is 72.8 cm³/mol. The second-order valence-electron chi connectivity index (χ2n) is 4.81. The lowest BCUT2D eigenvalue weighted by Gasteiger charge is -2.36. The van der Waals surface area contributed by atoms with Crippen molar-refractivity contribution in [3.63, 3.8) is 0 Å². The molecule has 5 nitrogen and oxygen atoms in total. The first-order valence-electron chi connectivity index (χ1n) is 5.97. The molecule has 0 radical (unpaired) electrons. The SMILES string of the molecule is COc1ccc(C(C)(CC(=O)O)N(C)C)c(OC)c1. The lowest BCUT2D eigenvalue weighted by molar-refractivity contribution is -0.140. The fourth-order valence-electron chi connectivity index (χ4n) is 2.03. The van der Waals surface area contributed by atoms with Gasteiger partial charge in [-0.3, -0.25) is 9.69 Å². The molecule has 0 saturated carbocycles. The molecule has 1 aromatic rings. The van der Waals surface area contributed by atoms with Crippen LogP contribution in [0.3, 0.4) is 0 Å². The molecule has 0 aliphatic rings. The Morgan fingerprint density at radius 2 is 1.95 bits per heavy atom. The van der Waals surface area contributed by atoms with Crippen LogP contribution < -0.4 is 9.47 Å². The molecule has 0 amide bonds. The molecule has 1 rings (SSSR count). The minimum Gasteiger partial charge on any atom is -0.497 e. The predicted octanol–water partition coefficient (Wildman–Crippen LogP) is 1.96. The summed E-state index contributed by atoms with van der Waals surface area (Å²) < 4.78 is 10.5. The fourth-order valence-corrected chi connectivity index (χ4v) is 2.03. The van der Waals surface area contributed by atoms with Crippen LogP contribution in [0.15, 0.2) is 18.2 Å².